The molecule has 1 N–H and O–H groups in total. The topological polar surface area (TPSA) is 32.3 Å². The molecule has 6 heteroatoms. The summed E-state index contributed by atoms with van der Waals surface area (Å²) in [6.45, 7) is 1.88. The number of nitrogens with zero attached hydrogens (tertiary/aromatic N) is 1. The van der Waals surface area contributed by atoms with Crippen LogP contribution in [0, 0.1) is 5.82 Å². The van der Waals surface area contributed by atoms with Gasteiger partial charge < -0.3 is 10.2 Å². The average molecular weight is 352 g/mol. The van der Waals surface area contributed by atoms with Crippen molar-refractivity contribution in [2.75, 3.05) is 20.1 Å². The fourth-order valence-electron chi connectivity index (χ4n) is 2.19. The quantitative estimate of drug-likeness (QED) is 0.888. The van der Waals surface area contributed by atoms with Crippen molar-refractivity contribution < 1.29 is 9.18 Å². The normalized spacial score (nSPS) is 15.7. The van der Waals surface area contributed by atoms with Crippen LogP contribution in [0.3, 0.4) is 0 Å². The molecule has 0 unspecified atom stereocenters. The first-order chi connectivity index (χ1) is 8.59. The molecule has 0 saturated carbocycles. The van der Waals surface area contributed by atoms with Crippen molar-refractivity contribution in [3.63, 3.8) is 0 Å². The molecule has 2 rings (SSSR count). The van der Waals surface area contributed by atoms with Crippen LogP contribution in [0.4, 0.5) is 4.39 Å². The Bertz CT molecular complexity index is 452. The van der Waals surface area contributed by atoms with Crippen LogP contribution in [-0.2, 0) is 0 Å². The van der Waals surface area contributed by atoms with Gasteiger partial charge in [0, 0.05) is 18.7 Å². The molecule has 1 aromatic carbocycles. The standard InChI is InChI=1S/C13H16BrFN2O.ClH/c1-17(10-4-6-16-7-5-10)13(18)9-2-3-12(15)11(14)8-9;/h2-3,8,10,16H,4-7H2,1H3;1H. The number of hydrogen-bond donors (Lipinski definition) is 1. The van der Waals surface area contributed by atoms with E-state index in [-0.39, 0.29) is 30.2 Å². The molecule has 0 spiro atoms. The van der Waals surface area contributed by atoms with Crippen molar-refractivity contribution in [2.24, 2.45) is 0 Å². The van der Waals surface area contributed by atoms with Gasteiger partial charge >= 0.3 is 0 Å². The van der Waals surface area contributed by atoms with E-state index in [1.165, 1.54) is 18.2 Å². The minimum Gasteiger partial charge on any atom is -0.339 e. The summed E-state index contributed by atoms with van der Waals surface area (Å²) < 4.78 is 13.5. The summed E-state index contributed by atoms with van der Waals surface area (Å²) in [6, 6.07) is 4.64. The second kappa shape index (κ2) is 7.22. The summed E-state index contributed by atoms with van der Waals surface area (Å²) in [5.74, 6) is -0.404. The molecule has 0 radical (unpaired) electrons. The molecule has 1 aromatic rings. The maximum atomic E-state index is 13.1. The van der Waals surface area contributed by atoms with Gasteiger partial charge in [-0.3, -0.25) is 4.79 Å². The van der Waals surface area contributed by atoms with Crippen LogP contribution >= 0.6 is 28.3 Å². The van der Waals surface area contributed by atoms with Crippen molar-refractivity contribution in [2.45, 2.75) is 18.9 Å². The minimum atomic E-state index is -0.351. The number of hydrogen-bond acceptors (Lipinski definition) is 2. The third-order valence-electron chi connectivity index (χ3n) is 3.34. The third-order valence-corrected chi connectivity index (χ3v) is 3.95. The molecule has 0 bridgehead atoms. The summed E-state index contributed by atoms with van der Waals surface area (Å²) in [4.78, 5) is 14.0. The second-order valence-corrected chi connectivity index (χ2v) is 5.38. The molecule has 19 heavy (non-hydrogen) atoms. The first-order valence-electron chi connectivity index (χ1n) is 6.02. The van der Waals surface area contributed by atoms with Gasteiger partial charge in [-0.25, -0.2) is 4.39 Å². The Morgan fingerprint density at radius 1 is 1.42 bits per heavy atom. The van der Waals surface area contributed by atoms with E-state index in [1.807, 2.05) is 7.05 Å². The van der Waals surface area contributed by atoms with E-state index < -0.39 is 0 Å². The smallest absolute Gasteiger partial charge is 0.253 e. The summed E-state index contributed by atoms with van der Waals surface area (Å²) in [5.41, 5.74) is 0.518. The molecule has 1 fully saturated rings. The molecule has 1 aliphatic heterocycles. The van der Waals surface area contributed by atoms with Crippen molar-refractivity contribution in [3.8, 4) is 0 Å². The highest BCUT2D eigenvalue weighted by Gasteiger charge is 2.23. The van der Waals surface area contributed by atoms with E-state index in [1.54, 1.807) is 4.90 Å². The van der Waals surface area contributed by atoms with Gasteiger partial charge in [-0.05, 0) is 60.1 Å². The fraction of sp³-hybridized carbons (Fsp3) is 0.462. The number of benzene rings is 1. The van der Waals surface area contributed by atoms with Crippen LogP contribution in [0.25, 0.3) is 0 Å². The van der Waals surface area contributed by atoms with Gasteiger partial charge in [-0.15, -0.1) is 12.4 Å². The Labute approximate surface area is 127 Å². The molecule has 0 atom stereocenters. The molecule has 1 heterocycles. The van der Waals surface area contributed by atoms with E-state index in [4.69, 9.17) is 0 Å². The van der Waals surface area contributed by atoms with Crippen LogP contribution in [0.15, 0.2) is 22.7 Å². The van der Waals surface area contributed by atoms with Gasteiger partial charge in [-0.1, -0.05) is 0 Å². The van der Waals surface area contributed by atoms with E-state index >= 15 is 0 Å². The van der Waals surface area contributed by atoms with E-state index in [0.29, 0.717) is 10.0 Å². The summed E-state index contributed by atoms with van der Waals surface area (Å²) in [7, 11) is 1.82. The molecule has 1 amide bonds. The highest BCUT2D eigenvalue weighted by molar-refractivity contribution is 9.10. The zero-order valence-corrected chi connectivity index (χ0v) is 13.1. The van der Waals surface area contributed by atoms with Crippen LogP contribution in [-0.4, -0.2) is 37.0 Å². The van der Waals surface area contributed by atoms with E-state index in [2.05, 4.69) is 21.2 Å². The number of piperidine rings is 1. The van der Waals surface area contributed by atoms with Crippen molar-refractivity contribution in [3.05, 3.63) is 34.1 Å². The first-order valence-corrected chi connectivity index (χ1v) is 6.82. The predicted octanol–water partition coefficient (Wildman–Crippen LogP) is 2.83. The molecule has 3 nitrogen and oxygen atoms in total. The van der Waals surface area contributed by atoms with Gasteiger partial charge in [-0.2, -0.15) is 0 Å². The fourth-order valence-corrected chi connectivity index (χ4v) is 2.57. The first kappa shape index (κ1) is 16.4. The molecular weight excluding hydrogens is 335 g/mol. The lowest BCUT2D eigenvalue weighted by molar-refractivity contribution is 0.0703. The number of amides is 1. The lowest BCUT2D eigenvalue weighted by Gasteiger charge is -2.31. The number of carbonyl (C=O) groups excluding carboxylic acids is 1. The Morgan fingerprint density at radius 2 is 2.05 bits per heavy atom. The van der Waals surface area contributed by atoms with Gasteiger partial charge in [0.25, 0.3) is 5.91 Å². The van der Waals surface area contributed by atoms with Gasteiger partial charge in [0.1, 0.15) is 5.82 Å². The SMILES string of the molecule is CN(C(=O)c1ccc(F)c(Br)c1)C1CCNCC1.Cl. The van der Waals surface area contributed by atoms with Crippen LogP contribution in [0.5, 0.6) is 0 Å². The highest BCUT2D eigenvalue weighted by Crippen LogP contribution is 2.19. The lowest BCUT2D eigenvalue weighted by Crippen LogP contribution is -2.43. The highest BCUT2D eigenvalue weighted by atomic mass is 79.9. The summed E-state index contributed by atoms with van der Waals surface area (Å²) in [5, 5.41) is 3.27. The number of halogens is 3. The number of nitrogens with one attached hydrogen (secondary N) is 1. The van der Waals surface area contributed by atoms with Gasteiger partial charge in [0.2, 0.25) is 0 Å². The Kier molecular flexibility index (Phi) is 6.23. The molecule has 106 valence electrons. The van der Waals surface area contributed by atoms with Crippen molar-refractivity contribution >= 4 is 34.2 Å². The van der Waals surface area contributed by atoms with Crippen LogP contribution in [0.1, 0.15) is 23.2 Å². The average Bonchev–Trinajstić information content (AvgIpc) is 2.41. The van der Waals surface area contributed by atoms with Crippen molar-refractivity contribution in [1.29, 1.82) is 0 Å². The van der Waals surface area contributed by atoms with Crippen LogP contribution in [0.2, 0.25) is 0 Å². The Balaban J connectivity index is 0.00000180. The predicted molar refractivity (Wildman–Crippen MR) is 79.3 cm³/mol. The zero-order valence-electron chi connectivity index (χ0n) is 10.7. The molecular formula is C13H17BrClFN2O. The Morgan fingerprint density at radius 3 is 2.63 bits per heavy atom. The number of carbonyl (C=O) groups is 1. The van der Waals surface area contributed by atoms with Gasteiger partial charge in [0.05, 0.1) is 4.47 Å². The van der Waals surface area contributed by atoms with Crippen molar-refractivity contribution in [1.82, 2.24) is 10.2 Å². The third kappa shape index (κ3) is 3.91. The maximum absolute atomic E-state index is 13.1. The van der Waals surface area contributed by atoms with E-state index in [0.717, 1.165) is 25.9 Å². The molecule has 1 saturated heterocycles. The van der Waals surface area contributed by atoms with E-state index in [9.17, 15) is 9.18 Å². The Hall–Kier alpha value is -0.650. The summed E-state index contributed by atoms with van der Waals surface area (Å²) >= 11 is 3.10. The number of rotatable bonds is 2. The monoisotopic (exact) mass is 350 g/mol. The molecule has 0 aromatic heterocycles. The van der Waals surface area contributed by atoms with Crippen LogP contribution < -0.4 is 5.32 Å². The molecule has 1 aliphatic rings. The second-order valence-electron chi connectivity index (χ2n) is 4.53. The summed E-state index contributed by atoms with van der Waals surface area (Å²) in [6.07, 6.45) is 1.93. The van der Waals surface area contributed by atoms with Gasteiger partial charge in [0.15, 0.2) is 0 Å². The zero-order chi connectivity index (χ0) is 13.1. The maximum Gasteiger partial charge on any atom is 0.253 e. The lowest BCUT2D eigenvalue weighted by atomic mass is 10.0. The molecule has 0 aliphatic carbocycles. The minimum absolute atomic E-state index is 0. The largest absolute Gasteiger partial charge is 0.339 e.